The van der Waals surface area contributed by atoms with Gasteiger partial charge in [-0.15, -0.1) is 10.2 Å². The van der Waals surface area contributed by atoms with E-state index >= 15 is 0 Å². The van der Waals surface area contributed by atoms with Crippen LogP contribution in [0.2, 0.25) is 0 Å². The zero-order valence-corrected chi connectivity index (χ0v) is 13.0. The molecule has 20 heavy (non-hydrogen) atoms. The summed E-state index contributed by atoms with van der Waals surface area (Å²) in [5.41, 5.74) is 2.17. The van der Waals surface area contributed by atoms with E-state index in [1.54, 1.807) is 0 Å². The normalized spacial score (nSPS) is 10.3. The number of hydrogen-bond acceptors (Lipinski definition) is 6. The Morgan fingerprint density at radius 3 is 2.90 bits per heavy atom. The number of hydrogen-bond donors (Lipinski definition) is 2. The van der Waals surface area contributed by atoms with E-state index in [0.29, 0.717) is 12.3 Å². The molecule has 1 heterocycles. The van der Waals surface area contributed by atoms with Crippen LogP contribution in [0.1, 0.15) is 12.5 Å². The van der Waals surface area contributed by atoms with E-state index in [2.05, 4.69) is 20.8 Å². The molecule has 0 aliphatic heterocycles. The third-order valence-electron chi connectivity index (χ3n) is 2.49. The smallest absolute Gasteiger partial charge is 0.230 e. The van der Waals surface area contributed by atoms with Crippen molar-refractivity contribution in [1.29, 1.82) is 0 Å². The molecule has 2 rings (SSSR count). The molecule has 2 aromatic rings. The fourth-order valence-electron chi connectivity index (χ4n) is 1.52. The lowest BCUT2D eigenvalue weighted by atomic mass is 10.2. The number of carbonyl (C=O) groups is 1. The molecule has 5 nitrogen and oxygen atoms in total. The van der Waals surface area contributed by atoms with Crippen LogP contribution in [0.25, 0.3) is 0 Å². The first-order valence-electron chi connectivity index (χ1n) is 6.24. The van der Waals surface area contributed by atoms with Crippen LogP contribution >= 0.6 is 23.1 Å². The summed E-state index contributed by atoms with van der Waals surface area (Å²) in [6, 6.07) is 8.00. The summed E-state index contributed by atoms with van der Waals surface area (Å²) in [6.45, 7) is 4.58. The van der Waals surface area contributed by atoms with Crippen LogP contribution in [0.5, 0.6) is 0 Å². The van der Waals surface area contributed by atoms with E-state index in [4.69, 9.17) is 0 Å². The van der Waals surface area contributed by atoms with Gasteiger partial charge in [-0.1, -0.05) is 41.3 Å². The van der Waals surface area contributed by atoms with Crippen LogP contribution in [-0.2, 0) is 4.79 Å². The van der Waals surface area contributed by atoms with Crippen molar-refractivity contribution in [1.82, 2.24) is 15.5 Å². The molecule has 0 spiro atoms. The molecule has 2 N–H and O–H groups in total. The lowest BCUT2D eigenvalue weighted by Gasteiger charge is -2.04. The van der Waals surface area contributed by atoms with Gasteiger partial charge in [-0.2, -0.15) is 0 Å². The quantitative estimate of drug-likeness (QED) is 0.803. The van der Waals surface area contributed by atoms with Crippen LogP contribution in [0, 0.1) is 6.92 Å². The van der Waals surface area contributed by atoms with E-state index in [9.17, 15) is 4.79 Å². The SMILES string of the molecule is CCNC(=O)CSc1nnc(Nc2ccccc2C)s1. The van der Waals surface area contributed by atoms with Crippen molar-refractivity contribution < 1.29 is 4.79 Å². The standard InChI is InChI=1S/C13H16N4OS2/c1-3-14-11(18)8-19-13-17-16-12(20-13)15-10-7-5-4-6-9(10)2/h4-7H,3,8H2,1-2H3,(H,14,18)(H,15,16). The number of nitrogens with zero attached hydrogens (tertiary/aromatic N) is 2. The lowest BCUT2D eigenvalue weighted by Crippen LogP contribution is -2.24. The van der Waals surface area contributed by atoms with Gasteiger partial charge < -0.3 is 10.6 Å². The maximum Gasteiger partial charge on any atom is 0.230 e. The summed E-state index contributed by atoms with van der Waals surface area (Å²) in [4.78, 5) is 11.4. The van der Waals surface area contributed by atoms with Gasteiger partial charge in [0.25, 0.3) is 0 Å². The number of amides is 1. The molecule has 1 aromatic heterocycles. The van der Waals surface area contributed by atoms with Crippen LogP contribution in [0.4, 0.5) is 10.8 Å². The Morgan fingerprint density at radius 2 is 2.15 bits per heavy atom. The molecule has 0 radical (unpaired) electrons. The molecule has 1 amide bonds. The Kier molecular flexibility index (Phi) is 5.37. The minimum absolute atomic E-state index is 0.0149. The fourth-order valence-corrected chi connectivity index (χ4v) is 3.12. The Hall–Kier alpha value is -1.60. The lowest BCUT2D eigenvalue weighted by molar-refractivity contribution is -0.118. The Labute approximate surface area is 126 Å². The molecule has 106 valence electrons. The number of rotatable bonds is 6. The topological polar surface area (TPSA) is 66.9 Å². The second-order valence-corrected chi connectivity index (χ2v) is 6.26. The van der Waals surface area contributed by atoms with Crippen LogP contribution in [-0.4, -0.2) is 28.4 Å². The minimum Gasteiger partial charge on any atom is -0.356 e. The number of aryl methyl sites for hydroxylation is 1. The Morgan fingerprint density at radius 1 is 1.35 bits per heavy atom. The van der Waals surface area contributed by atoms with Crippen molar-refractivity contribution in [3.8, 4) is 0 Å². The summed E-state index contributed by atoms with van der Waals surface area (Å²) in [5.74, 6) is 0.383. The molecule has 0 saturated carbocycles. The Balaban J connectivity index is 1.92. The summed E-state index contributed by atoms with van der Waals surface area (Å²) < 4.78 is 0.785. The van der Waals surface area contributed by atoms with Gasteiger partial charge in [-0.25, -0.2) is 0 Å². The number of carbonyl (C=O) groups excluding carboxylic acids is 1. The van der Waals surface area contributed by atoms with Crippen LogP contribution < -0.4 is 10.6 Å². The highest BCUT2D eigenvalue weighted by atomic mass is 32.2. The van der Waals surface area contributed by atoms with Crippen molar-refractivity contribution in [3.05, 3.63) is 29.8 Å². The van der Waals surface area contributed by atoms with Crippen molar-refractivity contribution in [3.63, 3.8) is 0 Å². The number of aromatic nitrogens is 2. The highest BCUT2D eigenvalue weighted by Crippen LogP contribution is 2.28. The summed E-state index contributed by atoms with van der Waals surface area (Å²) in [7, 11) is 0. The highest BCUT2D eigenvalue weighted by molar-refractivity contribution is 8.01. The van der Waals surface area contributed by atoms with Crippen molar-refractivity contribution in [2.75, 3.05) is 17.6 Å². The zero-order valence-electron chi connectivity index (χ0n) is 11.3. The van der Waals surface area contributed by atoms with E-state index in [1.165, 1.54) is 23.1 Å². The van der Waals surface area contributed by atoms with Crippen LogP contribution in [0.15, 0.2) is 28.6 Å². The maximum atomic E-state index is 11.4. The van der Waals surface area contributed by atoms with E-state index in [-0.39, 0.29) is 5.91 Å². The number of para-hydroxylation sites is 1. The number of benzene rings is 1. The van der Waals surface area contributed by atoms with Crippen molar-refractivity contribution in [2.24, 2.45) is 0 Å². The van der Waals surface area contributed by atoms with Gasteiger partial charge in [0.15, 0.2) is 4.34 Å². The molecule has 0 unspecified atom stereocenters. The molecule has 1 aromatic carbocycles. The van der Waals surface area contributed by atoms with Gasteiger partial charge in [0, 0.05) is 12.2 Å². The van der Waals surface area contributed by atoms with Gasteiger partial charge in [0.2, 0.25) is 11.0 Å². The molecule has 0 atom stereocenters. The molecule has 0 saturated heterocycles. The number of thioether (sulfide) groups is 1. The first-order valence-corrected chi connectivity index (χ1v) is 8.05. The zero-order chi connectivity index (χ0) is 14.4. The van der Waals surface area contributed by atoms with Gasteiger partial charge >= 0.3 is 0 Å². The molecule has 0 aliphatic carbocycles. The van der Waals surface area contributed by atoms with E-state index in [1.807, 2.05) is 38.1 Å². The summed E-state index contributed by atoms with van der Waals surface area (Å²) >= 11 is 2.84. The van der Waals surface area contributed by atoms with Crippen molar-refractivity contribution in [2.45, 2.75) is 18.2 Å². The Bertz CT molecular complexity index is 585. The summed E-state index contributed by atoms with van der Waals surface area (Å²) in [6.07, 6.45) is 0. The fraction of sp³-hybridized carbons (Fsp3) is 0.308. The number of anilines is 2. The average molecular weight is 308 g/mol. The first kappa shape index (κ1) is 14.8. The molecular formula is C13H16N4OS2. The van der Waals surface area contributed by atoms with Crippen molar-refractivity contribution >= 4 is 39.8 Å². The van der Waals surface area contributed by atoms with E-state index < -0.39 is 0 Å². The molecule has 0 fully saturated rings. The molecule has 0 aliphatic rings. The third-order valence-corrected chi connectivity index (χ3v) is 4.47. The molecular weight excluding hydrogens is 292 g/mol. The van der Waals surface area contributed by atoms with Gasteiger partial charge in [0.1, 0.15) is 0 Å². The third kappa shape index (κ3) is 4.21. The van der Waals surface area contributed by atoms with Gasteiger partial charge in [-0.05, 0) is 25.5 Å². The van der Waals surface area contributed by atoms with Crippen LogP contribution in [0.3, 0.4) is 0 Å². The maximum absolute atomic E-state index is 11.4. The first-order chi connectivity index (χ1) is 9.69. The highest BCUT2D eigenvalue weighted by Gasteiger charge is 2.08. The number of nitrogens with one attached hydrogen (secondary N) is 2. The predicted molar refractivity (Wildman–Crippen MR) is 83.8 cm³/mol. The predicted octanol–water partition coefficient (Wildman–Crippen LogP) is 2.82. The minimum atomic E-state index is 0.0149. The largest absolute Gasteiger partial charge is 0.356 e. The second-order valence-electron chi connectivity index (χ2n) is 4.06. The second kappa shape index (κ2) is 7.25. The van der Waals surface area contributed by atoms with Gasteiger partial charge in [-0.3, -0.25) is 4.79 Å². The van der Waals surface area contributed by atoms with Gasteiger partial charge in [0.05, 0.1) is 5.75 Å². The summed E-state index contributed by atoms with van der Waals surface area (Å²) in [5, 5.41) is 14.9. The monoisotopic (exact) mass is 308 g/mol. The molecule has 0 bridgehead atoms. The van der Waals surface area contributed by atoms with E-state index in [0.717, 1.165) is 20.7 Å². The molecule has 7 heteroatoms. The average Bonchev–Trinajstić information content (AvgIpc) is 2.87.